The second kappa shape index (κ2) is 6.27. The molecule has 0 bridgehead atoms. The second-order valence-corrected chi connectivity index (χ2v) is 5.64. The van der Waals surface area contributed by atoms with Crippen LogP contribution in [0.15, 0.2) is 28.7 Å². The fourth-order valence-electron chi connectivity index (χ4n) is 1.55. The van der Waals surface area contributed by atoms with E-state index in [9.17, 15) is 4.79 Å². The van der Waals surface area contributed by atoms with E-state index in [1.807, 2.05) is 24.3 Å². The lowest BCUT2D eigenvalue weighted by Crippen LogP contribution is -2.03. The number of hydrogen-bond acceptors (Lipinski definition) is 5. The van der Waals surface area contributed by atoms with Crippen LogP contribution < -0.4 is 0 Å². The van der Waals surface area contributed by atoms with Crippen LogP contribution in [0.5, 0.6) is 0 Å². The van der Waals surface area contributed by atoms with Gasteiger partial charge in [0.05, 0.1) is 19.4 Å². The minimum absolute atomic E-state index is 0.289. The lowest BCUT2D eigenvalue weighted by atomic mass is 10.2. The van der Waals surface area contributed by atoms with Gasteiger partial charge in [0.25, 0.3) is 0 Å². The fourth-order valence-corrected chi connectivity index (χ4v) is 2.81. The minimum Gasteiger partial charge on any atom is -0.465 e. The molecule has 1 heterocycles. The Labute approximate surface area is 123 Å². The number of nitrogens with zero attached hydrogens (tertiary/aromatic N) is 1. The highest BCUT2D eigenvalue weighted by atomic mass is 79.9. The van der Waals surface area contributed by atoms with Crippen LogP contribution in [0.3, 0.4) is 0 Å². The van der Waals surface area contributed by atoms with E-state index in [0.29, 0.717) is 10.6 Å². The highest BCUT2D eigenvalue weighted by Gasteiger charge is 2.19. The van der Waals surface area contributed by atoms with Gasteiger partial charge in [0.1, 0.15) is 9.88 Å². The van der Waals surface area contributed by atoms with Crippen LogP contribution in [0.2, 0.25) is 0 Å². The SMILES string of the molecule is COCc1nc(-c2ccc(Br)cc2)sc1C(=O)OC. The number of thiazole rings is 1. The van der Waals surface area contributed by atoms with E-state index < -0.39 is 0 Å². The lowest BCUT2D eigenvalue weighted by molar-refractivity contribution is 0.0601. The topological polar surface area (TPSA) is 48.4 Å². The van der Waals surface area contributed by atoms with Gasteiger partial charge in [-0.1, -0.05) is 28.1 Å². The first-order valence-corrected chi connectivity index (χ1v) is 7.09. The summed E-state index contributed by atoms with van der Waals surface area (Å²) in [4.78, 5) is 16.6. The first kappa shape index (κ1) is 14.2. The molecular formula is C13H12BrNO3S. The summed E-state index contributed by atoms with van der Waals surface area (Å²) in [5.74, 6) is -0.382. The Hall–Kier alpha value is -1.24. The lowest BCUT2D eigenvalue weighted by Gasteiger charge is -1.98. The van der Waals surface area contributed by atoms with Crippen molar-refractivity contribution in [3.8, 4) is 10.6 Å². The molecule has 0 unspecified atom stereocenters. The summed E-state index contributed by atoms with van der Waals surface area (Å²) < 4.78 is 10.8. The first-order chi connectivity index (χ1) is 9.15. The molecule has 4 nitrogen and oxygen atoms in total. The molecule has 0 fully saturated rings. The number of carbonyl (C=O) groups is 1. The van der Waals surface area contributed by atoms with Crippen molar-refractivity contribution < 1.29 is 14.3 Å². The van der Waals surface area contributed by atoms with Gasteiger partial charge in [0.2, 0.25) is 0 Å². The number of esters is 1. The Morgan fingerprint density at radius 3 is 2.58 bits per heavy atom. The van der Waals surface area contributed by atoms with Gasteiger partial charge >= 0.3 is 5.97 Å². The molecule has 0 saturated heterocycles. The molecule has 0 aliphatic carbocycles. The molecule has 0 aliphatic heterocycles. The van der Waals surface area contributed by atoms with Gasteiger partial charge < -0.3 is 9.47 Å². The summed E-state index contributed by atoms with van der Waals surface area (Å²) >= 11 is 4.70. The summed E-state index contributed by atoms with van der Waals surface area (Å²) in [5, 5.41) is 0.778. The van der Waals surface area contributed by atoms with Crippen molar-refractivity contribution in [2.24, 2.45) is 0 Å². The zero-order chi connectivity index (χ0) is 13.8. The molecule has 0 spiro atoms. The highest BCUT2D eigenvalue weighted by Crippen LogP contribution is 2.29. The largest absolute Gasteiger partial charge is 0.465 e. The van der Waals surface area contributed by atoms with Gasteiger partial charge in [0, 0.05) is 17.1 Å². The van der Waals surface area contributed by atoms with Crippen molar-refractivity contribution in [2.75, 3.05) is 14.2 Å². The smallest absolute Gasteiger partial charge is 0.350 e. The molecule has 0 atom stereocenters. The third kappa shape index (κ3) is 3.20. The van der Waals surface area contributed by atoms with Gasteiger partial charge in [-0.15, -0.1) is 11.3 Å². The molecule has 6 heteroatoms. The number of rotatable bonds is 4. The van der Waals surface area contributed by atoms with Crippen molar-refractivity contribution in [1.29, 1.82) is 0 Å². The molecule has 1 aromatic carbocycles. The highest BCUT2D eigenvalue weighted by molar-refractivity contribution is 9.10. The number of hydrogen-bond donors (Lipinski definition) is 0. The summed E-state index contributed by atoms with van der Waals surface area (Å²) in [5.41, 5.74) is 1.57. The number of benzene rings is 1. The molecule has 1 aromatic heterocycles. The third-order valence-electron chi connectivity index (χ3n) is 2.44. The fraction of sp³-hybridized carbons (Fsp3) is 0.231. The van der Waals surface area contributed by atoms with Crippen LogP contribution in [-0.2, 0) is 16.1 Å². The van der Waals surface area contributed by atoms with E-state index >= 15 is 0 Å². The Kier molecular flexibility index (Phi) is 4.68. The molecule has 0 amide bonds. The number of halogens is 1. The summed E-state index contributed by atoms with van der Waals surface area (Å²) in [7, 11) is 2.93. The molecule has 19 heavy (non-hydrogen) atoms. The van der Waals surface area contributed by atoms with E-state index in [-0.39, 0.29) is 12.6 Å². The average molecular weight is 342 g/mol. The van der Waals surface area contributed by atoms with Crippen molar-refractivity contribution in [1.82, 2.24) is 4.98 Å². The van der Waals surface area contributed by atoms with E-state index in [1.165, 1.54) is 18.4 Å². The number of carbonyl (C=O) groups excluding carboxylic acids is 1. The van der Waals surface area contributed by atoms with Gasteiger partial charge in [-0.25, -0.2) is 9.78 Å². The number of aromatic nitrogens is 1. The Balaban J connectivity index is 2.41. The summed E-state index contributed by atoms with van der Waals surface area (Å²) in [6.45, 7) is 0.289. The van der Waals surface area contributed by atoms with E-state index in [2.05, 4.69) is 20.9 Å². The Morgan fingerprint density at radius 1 is 1.32 bits per heavy atom. The van der Waals surface area contributed by atoms with Crippen molar-refractivity contribution in [2.45, 2.75) is 6.61 Å². The van der Waals surface area contributed by atoms with E-state index in [0.717, 1.165) is 15.0 Å². The molecule has 0 radical (unpaired) electrons. The maximum absolute atomic E-state index is 11.7. The predicted octanol–water partition coefficient (Wildman–Crippen LogP) is 3.51. The van der Waals surface area contributed by atoms with Crippen molar-refractivity contribution in [3.63, 3.8) is 0 Å². The van der Waals surface area contributed by atoms with Gasteiger partial charge in [-0.3, -0.25) is 0 Å². The van der Waals surface area contributed by atoms with Crippen LogP contribution in [0.4, 0.5) is 0 Å². The van der Waals surface area contributed by atoms with Gasteiger partial charge in [-0.2, -0.15) is 0 Å². The molecule has 0 N–H and O–H groups in total. The summed E-state index contributed by atoms with van der Waals surface area (Å²) in [6, 6.07) is 7.76. The van der Waals surface area contributed by atoms with Crippen LogP contribution in [0.1, 0.15) is 15.4 Å². The molecule has 2 aromatic rings. The van der Waals surface area contributed by atoms with E-state index in [4.69, 9.17) is 9.47 Å². The number of methoxy groups -OCH3 is 2. The van der Waals surface area contributed by atoms with Crippen LogP contribution in [-0.4, -0.2) is 25.2 Å². The zero-order valence-electron chi connectivity index (χ0n) is 10.5. The van der Waals surface area contributed by atoms with Crippen LogP contribution in [0.25, 0.3) is 10.6 Å². The normalized spacial score (nSPS) is 10.5. The monoisotopic (exact) mass is 341 g/mol. The standard InChI is InChI=1S/C13H12BrNO3S/c1-17-7-10-11(13(16)18-2)19-12(15-10)8-3-5-9(14)6-4-8/h3-6H,7H2,1-2H3. The first-order valence-electron chi connectivity index (χ1n) is 5.48. The van der Waals surface area contributed by atoms with Crippen LogP contribution in [0, 0.1) is 0 Å². The molecule has 100 valence electrons. The zero-order valence-corrected chi connectivity index (χ0v) is 12.9. The maximum Gasteiger partial charge on any atom is 0.350 e. The van der Waals surface area contributed by atoms with Crippen molar-refractivity contribution in [3.05, 3.63) is 39.3 Å². The van der Waals surface area contributed by atoms with Crippen LogP contribution >= 0.6 is 27.3 Å². The average Bonchev–Trinajstić information content (AvgIpc) is 2.83. The Bertz CT molecular complexity index is 580. The summed E-state index contributed by atoms with van der Waals surface area (Å²) in [6.07, 6.45) is 0. The van der Waals surface area contributed by atoms with Crippen molar-refractivity contribution >= 4 is 33.2 Å². The maximum atomic E-state index is 11.7. The number of ether oxygens (including phenoxy) is 2. The third-order valence-corrected chi connectivity index (χ3v) is 4.10. The molecule has 2 rings (SSSR count). The van der Waals surface area contributed by atoms with Gasteiger partial charge in [0.15, 0.2) is 0 Å². The quantitative estimate of drug-likeness (QED) is 0.798. The predicted molar refractivity (Wildman–Crippen MR) is 77.3 cm³/mol. The van der Waals surface area contributed by atoms with Gasteiger partial charge in [-0.05, 0) is 12.1 Å². The molecular weight excluding hydrogens is 330 g/mol. The minimum atomic E-state index is -0.382. The molecule has 0 aliphatic rings. The van der Waals surface area contributed by atoms with E-state index in [1.54, 1.807) is 7.11 Å². The second-order valence-electron chi connectivity index (χ2n) is 3.73. The molecule has 0 saturated carbocycles. The Morgan fingerprint density at radius 2 is 2.00 bits per heavy atom.